The highest BCUT2D eigenvalue weighted by molar-refractivity contribution is 4.90. The Balaban J connectivity index is 2.00. The molecule has 0 aromatic carbocycles. The molecule has 2 heterocycles. The average molecular weight is 156 g/mol. The molecule has 3 nitrogen and oxygen atoms in total. The Labute approximate surface area is 67.4 Å². The fraction of sp³-hybridized carbons (Fsp3) is 1.00. The minimum Gasteiger partial charge on any atom is -0.395 e. The molecule has 0 radical (unpaired) electrons. The van der Waals surface area contributed by atoms with Crippen molar-refractivity contribution in [1.29, 1.82) is 0 Å². The normalized spacial score (nSPS) is 39.0. The molecular weight excluding hydrogens is 140 g/mol. The molecule has 0 bridgehead atoms. The Bertz CT molecular complexity index is 140. The smallest absolute Gasteiger partial charge is 0.0599 e. The lowest BCUT2D eigenvalue weighted by Crippen LogP contribution is -2.55. The van der Waals surface area contributed by atoms with Crippen LogP contribution in [0.15, 0.2) is 0 Å². The Hall–Kier alpha value is -0.120. The lowest BCUT2D eigenvalue weighted by molar-refractivity contribution is 0.0850. The zero-order chi connectivity index (χ0) is 7.68. The van der Waals surface area contributed by atoms with Crippen LogP contribution in [0.25, 0.3) is 0 Å². The van der Waals surface area contributed by atoms with E-state index in [1.807, 2.05) is 0 Å². The Morgan fingerprint density at radius 2 is 2.36 bits per heavy atom. The molecule has 2 saturated heterocycles. The summed E-state index contributed by atoms with van der Waals surface area (Å²) in [6.45, 7) is 3.59. The second-order valence-corrected chi connectivity index (χ2v) is 3.53. The summed E-state index contributed by atoms with van der Waals surface area (Å²) < 4.78 is 0. The second-order valence-electron chi connectivity index (χ2n) is 3.53. The van der Waals surface area contributed by atoms with E-state index in [9.17, 15) is 0 Å². The van der Waals surface area contributed by atoms with Gasteiger partial charge < -0.3 is 10.4 Å². The highest BCUT2D eigenvalue weighted by Crippen LogP contribution is 2.21. The summed E-state index contributed by atoms with van der Waals surface area (Å²) in [6, 6.07) is 1.09. The number of fused-ring (bicyclic) bond motifs is 1. The number of piperazine rings is 1. The highest BCUT2D eigenvalue weighted by atomic mass is 16.3. The van der Waals surface area contributed by atoms with Crippen LogP contribution in [0.2, 0.25) is 0 Å². The summed E-state index contributed by atoms with van der Waals surface area (Å²) in [7, 11) is 0. The lowest BCUT2D eigenvalue weighted by Gasteiger charge is -2.37. The van der Waals surface area contributed by atoms with Gasteiger partial charge in [-0.15, -0.1) is 0 Å². The van der Waals surface area contributed by atoms with Crippen molar-refractivity contribution < 1.29 is 5.11 Å². The van der Waals surface area contributed by atoms with Crippen LogP contribution in [0.5, 0.6) is 0 Å². The standard InChI is InChI=1S/C8H16N2O/c11-6-8-5-9-4-7-2-1-3-10(7)8/h7-9,11H,1-6H2/t7-,8?/m0/s1. The van der Waals surface area contributed by atoms with Crippen molar-refractivity contribution in [2.75, 3.05) is 26.2 Å². The van der Waals surface area contributed by atoms with E-state index in [1.54, 1.807) is 0 Å². The number of hydrogen-bond donors (Lipinski definition) is 2. The predicted molar refractivity (Wildman–Crippen MR) is 43.5 cm³/mol. The summed E-state index contributed by atoms with van der Waals surface area (Å²) in [4.78, 5) is 2.45. The van der Waals surface area contributed by atoms with Crippen molar-refractivity contribution in [2.24, 2.45) is 0 Å². The van der Waals surface area contributed by atoms with Gasteiger partial charge in [0.05, 0.1) is 6.61 Å². The van der Waals surface area contributed by atoms with Crippen LogP contribution >= 0.6 is 0 Å². The molecular formula is C8H16N2O. The van der Waals surface area contributed by atoms with Crippen LogP contribution in [0.4, 0.5) is 0 Å². The maximum atomic E-state index is 9.06. The number of hydrogen-bond acceptors (Lipinski definition) is 3. The molecule has 2 atom stereocenters. The maximum Gasteiger partial charge on any atom is 0.0599 e. The molecule has 0 aromatic rings. The van der Waals surface area contributed by atoms with Crippen molar-refractivity contribution in [3.05, 3.63) is 0 Å². The van der Waals surface area contributed by atoms with Gasteiger partial charge >= 0.3 is 0 Å². The zero-order valence-corrected chi connectivity index (χ0v) is 6.79. The van der Waals surface area contributed by atoms with Gasteiger partial charge in [-0.05, 0) is 19.4 Å². The molecule has 64 valence electrons. The molecule has 0 aliphatic carbocycles. The molecule has 2 aliphatic rings. The first-order chi connectivity index (χ1) is 5.42. The van der Waals surface area contributed by atoms with Gasteiger partial charge in [0.25, 0.3) is 0 Å². The molecule has 3 heteroatoms. The predicted octanol–water partition coefficient (Wildman–Crippen LogP) is -0.585. The third-order valence-corrected chi connectivity index (χ3v) is 2.86. The van der Waals surface area contributed by atoms with E-state index in [2.05, 4.69) is 10.2 Å². The van der Waals surface area contributed by atoms with Gasteiger partial charge in [-0.1, -0.05) is 0 Å². The third kappa shape index (κ3) is 1.28. The van der Waals surface area contributed by atoms with Crippen LogP contribution in [-0.4, -0.2) is 48.3 Å². The fourth-order valence-electron chi connectivity index (χ4n) is 2.26. The number of nitrogens with one attached hydrogen (secondary N) is 1. The quantitative estimate of drug-likeness (QED) is 0.533. The number of rotatable bonds is 1. The molecule has 2 aliphatic heterocycles. The molecule has 11 heavy (non-hydrogen) atoms. The maximum absolute atomic E-state index is 9.06. The van der Waals surface area contributed by atoms with E-state index >= 15 is 0 Å². The molecule has 1 unspecified atom stereocenters. The molecule has 0 amide bonds. The molecule has 0 spiro atoms. The van der Waals surface area contributed by atoms with Crippen LogP contribution in [0, 0.1) is 0 Å². The topological polar surface area (TPSA) is 35.5 Å². The van der Waals surface area contributed by atoms with E-state index in [4.69, 9.17) is 5.11 Å². The third-order valence-electron chi connectivity index (χ3n) is 2.86. The Kier molecular flexibility index (Phi) is 2.11. The van der Waals surface area contributed by atoms with E-state index in [1.165, 1.54) is 19.4 Å². The van der Waals surface area contributed by atoms with Crippen molar-refractivity contribution in [3.8, 4) is 0 Å². The van der Waals surface area contributed by atoms with Gasteiger partial charge in [0.2, 0.25) is 0 Å². The number of aliphatic hydroxyl groups is 1. The van der Waals surface area contributed by atoms with Crippen molar-refractivity contribution >= 4 is 0 Å². The summed E-state index contributed by atoms with van der Waals surface area (Å²) in [5.41, 5.74) is 0. The zero-order valence-electron chi connectivity index (χ0n) is 6.79. The summed E-state index contributed by atoms with van der Waals surface area (Å²) in [5.74, 6) is 0. The van der Waals surface area contributed by atoms with E-state index in [0.29, 0.717) is 18.7 Å². The molecule has 0 saturated carbocycles. The summed E-state index contributed by atoms with van der Waals surface area (Å²) >= 11 is 0. The largest absolute Gasteiger partial charge is 0.395 e. The lowest BCUT2D eigenvalue weighted by atomic mass is 10.1. The number of aliphatic hydroxyl groups excluding tert-OH is 1. The SMILES string of the molecule is OCC1CNC[C@@H]2CCCN12. The van der Waals surface area contributed by atoms with Gasteiger partial charge in [0, 0.05) is 25.2 Å². The second kappa shape index (κ2) is 3.09. The Morgan fingerprint density at radius 3 is 3.18 bits per heavy atom. The highest BCUT2D eigenvalue weighted by Gasteiger charge is 2.32. The van der Waals surface area contributed by atoms with Gasteiger partial charge in [0.1, 0.15) is 0 Å². The van der Waals surface area contributed by atoms with Gasteiger partial charge in [0.15, 0.2) is 0 Å². The fourth-order valence-corrected chi connectivity index (χ4v) is 2.26. The average Bonchev–Trinajstić information content (AvgIpc) is 2.50. The first-order valence-electron chi connectivity index (χ1n) is 4.49. The van der Waals surface area contributed by atoms with Gasteiger partial charge in [-0.3, -0.25) is 4.90 Å². The first-order valence-corrected chi connectivity index (χ1v) is 4.49. The van der Waals surface area contributed by atoms with Crippen LogP contribution in [-0.2, 0) is 0 Å². The Morgan fingerprint density at radius 1 is 1.45 bits per heavy atom. The number of nitrogens with zero attached hydrogens (tertiary/aromatic N) is 1. The van der Waals surface area contributed by atoms with E-state index < -0.39 is 0 Å². The van der Waals surface area contributed by atoms with Gasteiger partial charge in [-0.25, -0.2) is 0 Å². The monoisotopic (exact) mass is 156 g/mol. The first kappa shape index (κ1) is 7.53. The van der Waals surface area contributed by atoms with E-state index in [0.717, 1.165) is 13.1 Å². The molecule has 2 rings (SSSR count). The minimum atomic E-state index is 0.309. The van der Waals surface area contributed by atoms with Crippen LogP contribution in [0.3, 0.4) is 0 Å². The summed E-state index contributed by atoms with van der Waals surface area (Å²) in [6.07, 6.45) is 2.62. The molecule has 2 N–H and O–H groups in total. The van der Waals surface area contributed by atoms with Crippen LogP contribution in [0.1, 0.15) is 12.8 Å². The van der Waals surface area contributed by atoms with Crippen molar-refractivity contribution in [3.63, 3.8) is 0 Å². The summed E-state index contributed by atoms with van der Waals surface area (Å²) in [5, 5.41) is 12.4. The van der Waals surface area contributed by atoms with Crippen LogP contribution < -0.4 is 5.32 Å². The molecule has 0 aromatic heterocycles. The van der Waals surface area contributed by atoms with Crippen molar-refractivity contribution in [1.82, 2.24) is 10.2 Å². The van der Waals surface area contributed by atoms with E-state index in [-0.39, 0.29) is 0 Å². The van der Waals surface area contributed by atoms with Crippen molar-refractivity contribution in [2.45, 2.75) is 24.9 Å². The molecule has 2 fully saturated rings. The van der Waals surface area contributed by atoms with Gasteiger partial charge in [-0.2, -0.15) is 0 Å². The minimum absolute atomic E-state index is 0.309.